The van der Waals surface area contributed by atoms with Crippen molar-refractivity contribution in [2.24, 2.45) is 5.10 Å². The Hall–Kier alpha value is -4.13. The number of nitrogens with zero attached hydrogens (tertiary/aromatic N) is 1. The van der Waals surface area contributed by atoms with Gasteiger partial charge in [0, 0.05) is 6.54 Å². The summed E-state index contributed by atoms with van der Waals surface area (Å²) in [5, 5.41) is 16.3. The Labute approximate surface area is 174 Å². The van der Waals surface area contributed by atoms with E-state index in [0.29, 0.717) is 12.3 Å². The Bertz CT molecular complexity index is 1020. The van der Waals surface area contributed by atoms with Crippen LogP contribution in [-0.2, 0) is 11.3 Å². The summed E-state index contributed by atoms with van der Waals surface area (Å²) >= 11 is 0. The summed E-state index contributed by atoms with van der Waals surface area (Å²) in [7, 11) is 0. The van der Waals surface area contributed by atoms with Gasteiger partial charge in [-0.25, -0.2) is 5.43 Å². The molecule has 0 spiro atoms. The molecule has 7 nitrogen and oxygen atoms in total. The van der Waals surface area contributed by atoms with Crippen LogP contribution in [0, 0.1) is 0 Å². The first kappa shape index (κ1) is 20.6. The van der Waals surface area contributed by atoms with E-state index in [1.165, 1.54) is 18.3 Å². The number of para-hydroxylation sites is 1. The lowest BCUT2D eigenvalue weighted by molar-refractivity contribution is -0.123. The number of carbonyl (C=O) groups excluding carboxylic acids is 2. The van der Waals surface area contributed by atoms with E-state index in [0.717, 1.165) is 11.1 Å². The monoisotopic (exact) mass is 403 g/mol. The lowest BCUT2D eigenvalue weighted by atomic mass is 10.2. The van der Waals surface area contributed by atoms with Gasteiger partial charge in [-0.05, 0) is 47.5 Å². The molecule has 0 aliphatic rings. The minimum atomic E-state index is -0.509. The number of hydrogen-bond acceptors (Lipinski definition) is 5. The van der Waals surface area contributed by atoms with Crippen LogP contribution in [0.15, 0.2) is 84.0 Å². The highest BCUT2D eigenvalue weighted by Crippen LogP contribution is 2.15. The number of benzene rings is 3. The van der Waals surface area contributed by atoms with Crippen LogP contribution in [-0.4, -0.2) is 29.7 Å². The topological polar surface area (TPSA) is 100 Å². The van der Waals surface area contributed by atoms with E-state index in [1.807, 2.05) is 30.3 Å². The van der Waals surface area contributed by atoms with E-state index in [1.54, 1.807) is 36.4 Å². The van der Waals surface area contributed by atoms with Crippen molar-refractivity contribution >= 4 is 18.0 Å². The molecule has 0 fully saturated rings. The zero-order valence-electron chi connectivity index (χ0n) is 16.1. The van der Waals surface area contributed by atoms with Gasteiger partial charge in [0.2, 0.25) is 0 Å². The van der Waals surface area contributed by atoms with Gasteiger partial charge in [0.15, 0.2) is 6.61 Å². The molecule has 0 saturated carbocycles. The molecule has 152 valence electrons. The quantitative estimate of drug-likeness (QED) is 0.398. The normalized spacial score (nSPS) is 10.5. The van der Waals surface area contributed by atoms with E-state index in [2.05, 4.69) is 15.8 Å². The van der Waals surface area contributed by atoms with Crippen LogP contribution in [0.4, 0.5) is 0 Å². The van der Waals surface area contributed by atoms with Crippen molar-refractivity contribution in [1.29, 1.82) is 0 Å². The molecular weight excluding hydrogens is 382 g/mol. The molecule has 0 radical (unpaired) electrons. The first-order chi connectivity index (χ1) is 14.6. The van der Waals surface area contributed by atoms with Gasteiger partial charge < -0.3 is 15.2 Å². The Balaban J connectivity index is 1.43. The van der Waals surface area contributed by atoms with E-state index in [9.17, 15) is 14.7 Å². The first-order valence-corrected chi connectivity index (χ1v) is 9.27. The second kappa shape index (κ2) is 10.4. The standard InChI is InChI=1S/C23H21N3O4/c27-21-9-5-4-8-20(21)23(29)26-25-15-18-10-12-19(13-11-18)30-16-22(28)24-14-17-6-2-1-3-7-17/h1-13,15,27H,14,16H2,(H,24,28)(H,26,29)/b25-15-. The molecule has 0 saturated heterocycles. The number of aromatic hydroxyl groups is 1. The van der Waals surface area contributed by atoms with Crippen LogP contribution in [0.2, 0.25) is 0 Å². The van der Waals surface area contributed by atoms with Gasteiger partial charge in [-0.1, -0.05) is 42.5 Å². The minimum Gasteiger partial charge on any atom is -0.507 e. The van der Waals surface area contributed by atoms with Gasteiger partial charge in [-0.15, -0.1) is 0 Å². The molecule has 7 heteroatoms. The molecule has 0 heterocycles. The van der Waals surface area contributed by atoms with Crippen LogP contribution < -0.4 is 15.5 Å². The lowest BCUT2D eigenvalue weighted by Crippen LogP contribution is -2.28. The second-order valence-electron chi connectivity index (χ2n) is 6.34. The highest BCUT2D eigenvalue weighted by molar-refractivity contribution is 5.97. The minimum absolute atomic E-state index is 0.0864. The maximum absolute atomic E-state index is 12.0. The predicted octanol–water partition coefficient (Wildman–Crippen LogP) is 2.85. The van der Waals surface area contributed by atoms with E-state index in [-0.39, 0.29) is 23.8 Å². The number of phenolic OH excluding ortho intramolecular Hbond substituents is 1. The molecular formula is C23H21N3O4. The Kier molecular flexibility index (Phi) is 7.16. The average molecular weight is 403 g/mol. The van der Waals surface area contributed by atoms with Gasteiger partial charge in [0.1, 0.15) is 11.5 Å². The molecule has 3 rings (SSSR count). The molecule has 0 aromatic heterocycles. The van der Waals surface area contributed by atoms with Crippen molar-refractivity contribution in [3.8, 4) is 11.5 Å². The number of amides is 2. The number of phenols is 1. The van der Waals surface area contributed by atoms with Gasteiger partial charge >= 0.3 is 0 Å². The molecule has 0 atom stereocenters. The fraction of sp³-hybridized carbons (Fsp3) is 0.0870. The molecule has 3 aromatic carbocycles. The van der Waals surface area contributed by atoms with E-state index < -0.39 is 5.91 Å². The van der Waals surface area contributed by atoms with Gasteiger partial charge in [0.25, 0.3) is 11.8 Å². The second-order valence-corrected chi connectivity index (χ2v) is 6.34. The summed E-state index contributed by atoms with van der Waals surface area (Å²) in [6, 6.07) is 22.7. The third-order valence-corrected chi connectivity index (χ3v) is 4.11. The molecule has 30 heavy (non-hydrogen) atoms. The SMILES string of the molecule is O=C(COc1ccc(/C=N\NC(=O)c2ccccc2O)cc1)NCc1ccccc1. The fourth-order valence-corrected chi connectivity index (χ4v) is 2.54. The Morgan fingerprint density at radius 3 is 2.37 bits per heavy atom. The first-order valence-electron chi connectivity index (χ1n) is 9.27. The molecule has 0 unspecified atom stereocenters. The molecule has 3 N–H and O–H groups in total. The highest BCUT2D eigenvalue weighted by atomic mass is 16.5. The molecule has 0 bridgehead atoms. The zero-order chi connectivity index (χ0) is 21.2. The number of carbonyl (C=O) groups is 2. The smallest absolute Gasteiger partial charge is 0.275 e. The number of hydrazone groups is 1. The van der Waals surface area contributed by atoms with Gasteiger partial charge in [-0.2, -0.15) is 5.10 Å². The average Bonchev–Trinajstić information content (AvgIpc) is 2.78. The number of nitrogens with one attached hydrogen (secondary N) is 2. The third-order valence-electron chi connectivity index (χ3n) is 4.11. The Morgan fingerprint density at radius 1 is 0.933 bits per heavy atom. The van der Waals surface area contributed by atoms with Gasteiger partial charge in [-0.3, -0.25) is 9.59 Å². The summed E-state index contributed by atoms with van der Waals surface area (Å²) in [6.45, 7) is 0.363. The zero-order valence-corrected chi connectivity index (χ0v) is 16.1. The number of rotatable bonds is 8. The lowest BCUT2D eigenvalue weighted by Gasteiger charge is -2.08. The van der Waals surface area contributed by atoms with Crippen molar-refractivity contribution in [1.82, 2.24) is 10.7 Å². The van der Waals surface area contributed by atoms with E-state index >= 15 is 0 Å². The summed E-state index contributed by atoms with van der Waals surface area (Å²) in [6.07, 6.45) is 1.47. The third kappa shape index (κ3) is 6.20. The summed E-state index contributed by atoms with van der Waals surface area (Å²) < 4.78 is 5.47. The van der Waals surface area contributed by atoms with Gasteiger partial charge in [0.05, 0.1) is 11.8 Å². The van der Waals surface area contributed by atoms with Crippen LogP contribution in [0.25, 0.3) is 0 Å². The van der Waals surface area contributed by atoms with Crippen LogP contribution in [0.3, 0.4) is 0 Å². The van der Waals surface area contributed by atoms with Crippen molar-refractivity contribution in [2.75, 3.05) is 6.61 Å². The molecule has 0 aliphatic carbocycles. The number of ether oxygens (including phenoxy) is 1. The maximum atomic E-state index is 12.0. The van der Waals surface area contributed by atoms with Crippen LogP contribution >= 0.6 is 0 Å². The van der Waals surface area contributed by atoms with Crippen molar-refractivity contribution in [3.05, 3.63) is 95.6 Å². The van der Waals surface area contributed by atoms with Crippen LogP contribution in [0.1, 0.15) is 21.5 Å². The summed E-state index contributed by atoms with van der Waals surface area (Å²) in [4.78, 5) is 23.8. The Morgan fingerprint density at radius 2 is 1.63 bits per heavy atom. The largest absolute Gasteiger partial charge is 0.507 e. The molecule has 0 aliphatic heterocycles. The predicted molar refractivity (Wildman–Crippen MR) is 113 cm³/mol. The summed E-state index contributed by atoms with van der Waals surface area (Å²) in [5.74, 6) is -0.290. The van der Waals surface area contributed by atoms with Crippen molar-refractivity contribution < 1.29 is 19.4 Å². The highest BCUT2D eigenvalue weighted by Gasteiger charge is 2.08. The molecule has 2 amide bonds. The molecule has 3 aromatic rings. The van der Waals surface area contributed by atoms with Crippen molar-refractivity contribution in [2.45, 2.75) is 6.54 Å². The summed E-state index contributed by atoms with van der Waals surface area (Å²) in [5.41, 5.74) is 4.25. The van der Waals surface area contributed by atoms with E-state index in [4.69, 9.17) is 4.74 Å². The van der Waals surface area contributed by atoms with Crippen LogP contribution in [0.5, 0.6) is 11.5 Å². The fourth-order valence-electron chi connectivity index (χ4n) is 2.54. The maximum Gasteiger partial charge on any atom is 0.275 e. The van der Waals surface area contributed by atoms with Crippen molar-refractivity contribution in [3.63, 3.8) is 0 Å². The number of hydrogen-bond donors (Lipinski definition) is 3.